The number of aromatic amines is 1. The molecule has 0 spiro atoms. The highest BCUT2D eigenvalue weighted by molar-refractivity contribution is 5.79. The summed E-state index contributed by atoms with van der Waals surface area (Å²) in [5, 5.41) is 14.2. The summed E-state index contributed by atoms with van der Waals surface area (Å²) in [5.41, 5.74) is 3.57. The van der Waals surface area contributed by atoms with Gasteiger partial charge >= 0.3 is 0 Å². The number of tetrazole rings is 1. The van der Waals surface area contributed by atoms with Crippen LogP contribution in [0.15, 0.2) is 82.2 Å². The maximum absolute atomic E-state index is 13.7. The van der Waals surface area contributed by atoms with E-state index in [0.29, 0.717) is 24.5 Å². The number of nitrogens with zero attached hydrogens (tertiary/aromatic N) is 5. The summed E-state index contributed by atoms with van der Waals surface area (Å²) in [5.74, 6) is 1.51. The van der Waals surface area contributed by atoms with E-state index in [1.165, 1.54) is 6.42 Å². The normalized spacial score (nSPS) is 15.3. The zero-order chi connectivity index (χ0) is 25.9. The van der Waals surface area contributed by atoms with E-state index < -0.39 is 6.04 Å². The minimum atomic E-state index is -0.481. The maximum Gasteiger partial charge on any atom is 0.253 e. The Kier molecular flexibility index (Phi) is 6.88. The van der Waals surface area contributed by atoms with Crippen molar-refractivity contribution in [3.05, 3.63) is 112 Å². The Morgan fingerprint density at radius 2 is 1.87 bits per heavy atom. The van der Waals surface area contributed by atoms with Gasteiger partial charge in [0, 0.05) is 17.6 Å². The third-order valence-corrected chi connectivity index (χ3v) is 7.54. The fourth-order valence-electron chi connectivity index (χ4n) is 5.67. The Bertz CT molecular complexity index is 1550. The molecule has 2 aromatic carbocycles. The molecule has 1 atom stereocenters. The third kappa shape index (κ3) is 5.04. The zero-order valence-electron chi connectivity index (χ0n) is 21.6. The van der Waals surface area contributed by atoms with Crippen molar-refractivity contribution < 1.29 is 4.42 Å². The molecule has 3 aromatic heterocycles. The molecule has 5 aromatic rings. The fraction of sp³-hybridized carbons (Fsp3) is 0.333. The van der Waals surface area contributed by atoms with Crippen LogP contribution < -0.4 is 5.56 Å². The van der Waals surface area contributed by atoms with Gasteiger partial charge < -0.3 is 9.40 Å². The SMILES string of the molecule is Cc1ccc2[nH]c(=O)c([C@H](c3nnnn3C3CCCCC3)N(Cc3ccccc3)Cc3ccco3)cc2c1. The molecule has 0 saturated heterocycles. The molecule has 194 valence electrons. The standard InChI is InChI=1S/C30H32N6O2/c1-21-14-15-27-23(17-21)18-26(30(37)31-27)28(29-32-33-34-36(29)24-11-6-3-7-12-24)35(20-25-13-8-16-38-25)19-22-9-4-2-5-10-22/h2,4-5,8-10,13-18,24,28H,3,6-7,11-12,19-20H2,1H3,(H,31,37)/t28-/m1/s1. The van der Waals surface area contributed by atoms with Crippen LogP contribution in [0.4, 0.5) is 0 Å². The number of aromatic nitrogens is 5. The summed E-state index contributed by atoms with van der Waals surface area (Å²) in [6, 6.07) is 22.0. The van der Waals surface area contributed by atoms with E-state index in [4.69, 9.17) is 4.42 Å². The summed E-state index contributed by atoms with van der Waals surface area (Å²) in [6.45, 7) is 3.15. The molecule has 8 nitrogen and oxygen atoms in total. The maximum atomic E-state index is 13.7. The average Bonchev–Trinajstić information content (AvgIpc) is 3.63. The topological polar surface area (TPSA) is 92.8 Å². The second kappa shape index (κ2) is 10.8. The van der Waals surface area contributed by atoms with Gasteiger partial charge in [-0.05, 0) is 71.5 Å². The Morgan fingerprint density at radius 3 is 2.66 bits per heavy atom. The molecule has 1 aliphatic rings. The van der Waals surface area contributed by atoms with Gasteiger partial charge in [-0.1, -0.05) is 61.2 Å². The summed E-state index contributed by atoms with van der Waals surface area (Å²) in [6.07, 6.45) is 7.31. The first-order valence-electron chi connectivity index (χ1n) is 13.4. The molecule has 3 heterocycles. The van der Waals surface area contributed by atoms with Crippen LogP contribution in [0.2, 0.25) is 0 Å². The van der Waals surface area contributed by atoms with Crippen LogP contribution >= 0.6 is 0 Å². The summed E-state index contributed by atoms with van der Waals surface area (Å²) in [4.78, 5) is 19.1. The Balaban J connectivity index is 1.53. The summed E-state index contributed by atoms with van der Waals surface area (Å²) < 4.78 is 7.76. The van der Waals surface area contributed by atoms with Crippen molar-refractivity contribution in [2.45, 2.75) is 64.2 Å². The largest absolute Gasteiger partial charge is 0.468 e. The lowest BCUT2D eigenvalue weighted by molar-refractivity contribution is 0.173. The van der Waals surface area contributed by atoms with Crippen LogP contribution in [0.25, 0.3) is 10.9 Å². The second-order valence-corrected chi connectivity index (χ2v) is 10.3. The summed E-state index contributed by atoms with van der Waals surface area (Å²) >= 11 is 0. The lowest BCUT2D eigenvalue weighted by Gasteiger charge is -2.32. The lowest BCUT2D eigenvalue weighted by Crippen LogP contribution is -2.35. The summed E-state index contributed by atoms with van der Waals surface area (Å²) in [7, 11) is 0. The molecule has 6 rings (SSSR count). The van der Waals surface area contributed by atoms with Crippen molar-refractivity contribution in [2.24, 2.45) is 0 Å². The van der Waals surface area contributed by atoms with Crippen molar-refractivity contribution in [1.29, 1.82) is 0 Å². The zero-order valence-corrected chi connectivity index (χ0v) is 21.6. The quantitative estimate of drug-likeness (QED) is 0.288. The van der Waals surface area contributed by atoms with Crippen molar-refractivity contribution in [1.82, 2.24) is 30.1 Å². The Labute approximate surface area is 221 Å². The molecule has 1 fully saturated rings. The molecule has 0 aliphatic heterocycles. The number of hydrogen-bond donors (Lipinski definition) is 1. The Hall–Kier alpha value is -4.04. The van der Waals surface area contributed by atoms with E-state index in [1.54, 1.807) is 6.26 Å². The monoisotopic (exact) mass is 508 g/mol. The predicted octanol–water partition coefficient (Wildman–Crippen LogP) is 5.71. The van der Waals surface area contributed by atoms with E-state index in [0.717, 1.165) is 53.5 Å². The van der Waals surface area contributed by atoms with E-state index >= 15 is 0 Å². The first-order valence-corrected chi connectivity index (χ1v) is 13.4. The molecule has 1 saturated carbocycles. The van der Waals surface area contributed by atoms with Gasteiger partial charge in [0.25, 0.3) is 5.56 Å². The van der Waals surface area contributed by atoms with Gasteiger partial charge in [0.15, 0.2) is 5.82 Å². The number of furan rings is 1. The minimum Gasteiger partial charge on any atom is -0.468 e. The first kappa shape index (κ1) is 24.3. The molecule has 0 amide bonds. The lowest BCUT2D eigenvalue weighted by atomic mass is 9.95. The van der Waals surface area contributed by atoms with Gasteiger partial charge in [0.1, 0.15) is 11.8 Å². The molecule has 0 unspecified atom stereocenters. The highest BCUT2D eigenvalue weighted by atomic mass is 16.3. The van der Waals surface area contributed by atoms with Crippen molar-refractivity contribution in [3.8, 4) is 0 Å². The van der Waals surface area contributed by atoms with E-state index in [9.17, 15) is 4.79 Å². The number of hydrogen-bond acceptors (Lipinski definition) is 6. The average molecular weight is 509 g/mol. The predicted molar refractivity (Wildman–Crippen MR) is 145 cm³/mol. The molecular formula is C30H32N6O2. The van der Waals surface area contributed by atoms with Gasteiger partial charge in [-0.3, -0.25) is 9.69 Å². The van der Waals surface area contributed by atoms with Crippen LogP contribution in [0.5, 0.6) is 0 Å². The van der Waals surface area contributed by atoms with Crippen LogP contribution in [0.3, 0.4) is 0 Å². The van der Waals surface area contributed by atoms with Crippen LogP contribution in [-0.2, 0) is 13.1 Å². The molecule has 38 heavy (non-hydrogen) atoms. The fourth-order valence-corrected chi connectivity index (χ4v) is 5.67. The van der Waals surface area contributed by atoms with E-state index in [2.05, 4.69) is 50.5 Å². The molecule has 0 bridgehead atoms. The highest BCUT2D eigenvalue weighted by Gasteiger charge is 2.33. The number of rotatable bonds is 8. The first-order chi connectivity index (χ1) is 18.7. The van der Waals surface area contributed by atoms with Crippen LogP contribution in [-0.4, -0.2) is 30.1 Å². The van der Waals surface area contributed by atoms with Gasteiger partial charge in [-0.25, -0.2) is 4.68 Å². The third-order valence-electron chi connectivity index (χ3n) is 7.54. The number of pyridine rings is 1. The van der Waals surface area contributed by atoms with Crippen LogP contribution in [0.1, 0.15) is 72.5 Å². The van der Waals surface area contributed by atoms with Gasteiger partial charge in [-0.15, -0.1) is 5.10 Å². The van der Waals surface area contributed by atoms with Crippen molar-refractivity contribution in [2.75, 3.05) is 0 Å². The molecular weight excluding hydrogens is 476 g/mol. The number of H-pyrrole nitrogens is 1. The number of nitrogens with one attached hydrogen (secondary N) is 1. The van der Waals surface area contributed by atoms with Gasteiger partial charge in [0.2, 0.25) is 0 Å². The Morgan fingerprint density at radius 1 is 1.03 bits per heavy atom. The van der Waals surface area contributed by atoms with E-state index in [-0.39, 0.29) is 11.6 Å². The number of aryl methyl sites for hydroxylation is 1. The number of fused-ring (bicyclic) bond motifs is 1. The highest BCUT2D eigenvalue weighted by Crippen LogP contribution is 2.34. The van der Waals surface area contributed by atoms with Gasteiger partial charge in [0.05, 0.1) is 18.8 Å². The van der Waals surface area contributed by atoms with Crippen molar-refractivity contribution in [3.63, 3.8) is 0 Å². The van der Waals surface area contributed by atoms with E-state index in [1.807, 2.05) is 53.2 Å². The van der Waals surface area contributed by atoms with Crippen molar-refractivity contribution >= 4 is 10.9 Å². The molecule has 0 radical (unpaired) electrons. The molecule has 1 aliphatic carbocycles. The smallest absolute Gasteiger partial charge is 0.253 e. The molecule has 1 N–H and O–H groups in total. The van der Waals surface area contributed by atoms with Crippen LogP contribution in [0, 0.1) is 6.92 Å². The number of benzene rings is 2. The minimum absolute atomic E-state index is 0.137. The molecule has 8 heteroatoms. The van der Waals surface area contributed by atoms with Gasteiger partial charge in [-0.2, -0.15) is 0 Å². The second-order valence-electron chi connectivity index (χ2n) is 10.3.